The fourth-order valence-corrected chi connectivity index (χ4v) is 4.19. The van der Waals surface area contributed by atoms with Gasteiger partial charge in [-0.3, -0.25) is 0 Å². The van der Waals surface area contributed by atoms with E-state index in [1.807, 2.05) is 0 Å². The molecule has 0 amide bonds. The summed E-state index contributed by atoms with van der Waals surface area (Å²) >= 11 is 0. The van der Waals surface area contributed by atoms with E-state index in [0.29, 0.717) is 12.5 Å². The highest BCUT2D eigenvalue weighted by atomic mass is 19.3. The van der Waals surface area contributed by atoms with Crippen LogP contribution in [0, 0.1) is 23.3 Å². The predicted octanol–water partition coefficient (Wildman–Crippen LogP) is 7.84. The third-order valence-corrected chi connectivity index (χ3v) is 6.03. The van der Waals surface area contributed by atoms with Crippen molar-refractivity contribution in [1.29, 1.82) is 0 Å². The second-order valence-corrected chi connectivity index (χ2v) is 8.30. The Morgan fingerprint density at radius 1 is 0.816 bits per heavy atom. The summed E-state index contributed by atoms with van der Waals surface area (Å²) in [5.41, 5.74) is -6.10. The Morgan fingerprint density at radius 2 is 1.37 bits per heavy atom. The molecule has 3 aromatic rings. The third-order valence-electron chi connectivity index (χ3n) is 6.03. The molecule has 4 rings (SSSR count). The number of carbonyl (C=O) groups is 1. The predicted molar refractivity (Wildman–Crippen MR) is 121 cm³/mol. The molecule has 0 aliphatic heterocycles. The Bertz CT molecular complexity index is 1450. The molecule has 0 unspecified atom stereocenters. The normalized spacial score (nSPS) is 14.9. The van der Waals surface area contributed by atoms with Gasteiger partial charge in [0.15, 0.2) is 34.8 Å². The third kappa shape index (κ3) is 4.10. The first kappa shape index (κ1) is 27.2. The van der Waals surface area contributed by atoms with Crippen LogP contribution in [-0.4, -0.2) is 12.6 Å². The van der Waals surface area contributed by atoms with E-state index >= 15 is 13.2 Å². The average Bonchev–Trinajstić information content (AvgIpc) is 2.86. The summed E-state index contributed by atoms with van der Waals surface area (Å²) in [6, 6.07) is 5.14. The topological polar surface area (TPSA) is 35.5 Å². The van der Waals surface area contributed by atoms with Crippen LogP contribution in [0.25, 0.3) is 11.1 Å². The SMILES string of the molecule is C=CCCc1ccc(C(=O)Oc2ccc3c(c2F)C(F)(F)C(F)(F)c2c-3ccc(OCC)c2F)c(F)c1F. The number of alkyl halides is 4. The van der Waals surface area contributed by atoms with Crippen molar-refractivity contribution in [2.45, 2.75) is 31.6 Å². The maximum absolute atomic E-state index is 15.3. The van der Waals surface area contributed by atoms with E-state index in [1.165, 1.54) is 13.0 Å². The zero-order chi connectivity index (χ0) is 28.0. The van der Waals surface area contributed by atoms with Gasteiger partial charge >= 0.3 is 17.8 Å². The van der Waals surface area contributed by atoms with Crippen molar-refractivity contribution in [2.24, 2.45) is 0 Å². The van der Waals surface area contributed by atoms with Gasteiger partial charge in [0.25, 0.3) is 0 Å². The molecule has 3 nitrogen and oxygen atoms in total. The van der Waals surface area contributed by atoms with E-state index in [-0.39, 0.29) is 18.6 Å². The number of esters is 1. The van der Waals surface area contributed by atoms with Crippen molar-refractivity contribution in [3.63, 3.8) is 0 Å². The van der Waals surface area contributed by atoms with Gasteiger partial charge in [-0.15, -0.1) is 6.58 Å². The molecule has 1 aliphatic carbocycles. The van der Waals surface area contributed by atoms with Crippen LogP contribution in [0.15, 0.2) is 49.1 Å². The Balaban J connectivity index is 1.79. The van der Waals surface area contributed by atoms with Gasteiger partial charge in [-0.25, -0.2) is 22.4 Å². The zero-order valence-electron chi connectivity index (χ0n) is 19.6. The van der Waals surface area contributed by atoms with Crippen LogP contribution in [-0.2, 0) is 18.3 Å². The Kier molecular flexibility index (Phi) is 6.98. The highest BCUT2D eigenvalue weighted by molar-refractivity contribution is 5.91. The number of carbonyl (C=O) groups excluding carboxylic acids is 1. The Morgan fingerprint density at radius 3 is 1.92 bits per heavy atom. The largest absolute Gasteiger partial charge is 0.491 e. The van der Waals surface area contributed by atoms with Gasteiger partial charge < -0.3 is 9.47 Å². The molecule has 0 N–H and O–H groups in total. The molecule has 0 bridgehead atoms. The van der Waals surface area contributed by atoms with E-state index in [0.717, 1.165) is 30.3 Å². The molecule has 11 heteroatoms. The second kappa shape index (κ2) is 9.77. The molecule has 3 aromatic carbocycles. The maximum atomic E-state index is 15.3. The number of aryl methyl sites for hydroxylation is 1. The lowest BCUT2D eigenvalue weighted by Crippen LogP contribution is -2.41. The van der Waals surface area contributed by atoms with E-state index in [9.17, 15) is 26.7 Å². The lowest BCUT2D eigenvalue weighted by molar-refractivity contribution is -0.228. The number of hydrogen-bond donors (Lipinski definition) is 0. The summed E-state index contributed by atoms with van der Waals surface area (Å²) < 4.78 is 128. The number of ether oxygens (including phenoxy) is 2. The monoisotopic (exact) mass is 542 g/mol. The number of halogens is 8. The number of benzene rings is 3. The minimum atomic E-state index is -5.29. The van der Waals surface area contributed by atoms with E-state index in [2.05, 4.69) is 11.3 Å². The summed E-state index contributed by atoms with van der Waals surface area (Å²) in [4.78, 5) is 12.5. The molecule has 0 fully saturated rings. The van der Waals surface area contributed by atoms with Crippen LogP contribution < -0.4 is 9.47 Å². The molecule has 0 aromatic heterocycles. The van der Waals surface area contributed by atoms with Gasteiger partial charge in [0.05, 0.1) is 23.3 Å². The van der Waals surface area contributed by atoms with E-state index in [1.54, 1.807) is 0 Å². The van der Waals surface area contributed by atoms with E-state index < -0.39 is 80.4 Å². The van der Waals surface area contributed by atoms with Gasteiger partial charge in [-0.2, -0.15) is 17.6 Å². The summed E-state index contributed by atoms with van der Waals surface area (Å²) in [6.07, 6.45) is 1.83. The van der Waals surface area contributed by atoms with Crippen LogP contribution in [0.1, 0.15) is 40.4 Å². The average molecular weight is 542 g/mol. The van der Waals surface area contributed by atoms with Crippen molar-refractivity contribution >= 4 is 5.97 Å². The van der Waals surface area contributed by atoms with Gasteiger partial charge in [0, 0.05) is 0 Å². The molecule has 200 valence electrons. The fourth-order valence-electron chi connectivity index (χ4n) is 4.19. The molecule has 0 saturated heterocycles. The molecule has 0 saturated carbocycles. The summed E-state index contributed by atoms with van der Waals surface area (Å²) in [7, 11) is 0. The first-order chi connectivity index (χ1) is 17.9. The first-order valence-corrected chi connectivity index (χ1v) is 11.2. The van der Waals surface area contributed by atoms with Gasteiger partial charge in [0.1, 0.15) is 0 Å². The van der Waals surface area contributed by atoms with Crippen molar-refractivity contribution < 1.29 is 49.4 Å². The lowest BCUT2D eigenvalue weighted by atomic mass is 9.79. The van der Waals surface area contributed by atoms with Crippen LogP contribution in [0.3, 0.4) is 0 Å². The zero-order valence-corrected chi connectivity index (χ0v) is 19.6. The second-order valence-electron chi connectivity index (χ2n) is 8.30. The first-order valence-electron chi connectivity index (χ1n) is 11.2. The highest BCUT2D eigenvalue weighted by Gasteiger charge is 2.65. The van der Waals surface area contributed by atoms with Crippen LogP contribution >= 0.6 is 0 Å². The van der Waals surface area contributed by atoms with Crippen molar-refractivity contribution in [2.75, 3.05) is 6.61 Å². The Labute approximate surface area is 211 Å². The minimum absolute atomic E-state index is 0.0679. The lowest BCUT2D eigenvalue weighted by Gasteiger charge is -2.35. The fraction of sp³-hybridized carbons (Fsp3) is 0.222. The van der Waals surface area contributed by atoms with Crippen molar-refractivity contribution in [3.8, 4) is 22.6 Å². The van der Waals surface area contributed by atoms with Crippen molar-refractivity contribution in [1.82, 2.24) is 0 Å². The molecule has 38 heavy (non-hydrogen) atoms. The van der Waals surface area contributed by atoms with Crippen molar-refractivity contribution in [3.05, 3.63) is 94.6 Å². The molecule has 0 spiro atoms. The summed E-state index contributed by atoms with van der Waals surface area (Å²) in [5, 5.41) is 0. The number of allylic oxidation sites excluding steroid dienone is 1. The molecule has 0 radical (unpaired) electrons. The molecule has 0 heterocycles. The van der Waals surface area contributed by atoms with Gasteiger partial charge in [-0.1, -0.05) is 12.1 Å². The van der Waals surface area contributed by atoms with Crippen LogP contribution in [0.4, 0.5) is 35.1 Å². The van der Waals surface area contributed by atoms with Gasteiger partial charge in [0.2, 0.25) is 0 Å². The highest BCUT2D eigenvalue weighted by Crippen LogP contribution is 2.60. The number of fused-ring (bicyclic) bond motifs is 3. The molecular weight excluding hydrogens is 524 g/mol. The number of hydrogen-bond acceptors (Lipinski definition) is 3. The maximum Gasteiger partial charge on any atom is 0.346 e. The standard InChI is InChI=1S/C27H18F8O3/c1-3-5-6-13-7-8-16(22(29)21(13)28)25(36)38-18-12-10-15-14-9-11-17(37-4-2)23(30)19(14)26(32,33)27(34,35)20(15)24(18)31/h3,7-12H,1,4-6H2,2H3. The van der Waals surface area contributed by atoms with Gasteiger partial charge in [-0.05, 0) is 66.8 Å². The minimum Gasteiger partial charge on any atom is -0.491 e. The summed E-state index contributed by atoms with van der Waals surface area (Å²) in [6.45, 7) is 4.74. The molecule has 1 aliphatic rings. The van der Waals surface area contributed by atoms with Crippen LogP contribution in [0.5, 0.6) is 11.5 Å². The smallest absolute Gasteiger partial charge is 0.346 e. The number of rotatable bonds is 7. The molecule has 0 atom stereocenters. The Hall–Kier alpha value is -3.89. The molecular formula is C27H18F8O3. The van der Waals surface area contributed by atoms with Crippen LogP contribution in [0.2, 0.25) is 0 Å². The summed E-state index contributed by atoms with van der Waals surface area (Å²) in [5.74, 6) is -20.9. The quantitative estimate of drug-likeness (QED) is 0.132. The van der Waals surface area contributed by atoms with E-state index in [4.69, 9.17) is 4.74 Å².